The van der Waals surface area contributed by atoms with Crippen molar-refractivity contribution in [2.24, 2.45) is 5.41 Å². The summed E-state index contributed by atoms with van der Waals surface area (Å²) in [4.78, 5) is 26.9. The Morgan fingerprint density at radius 2 is 2.03 bits per heavy atom. The van der Waals surface area contributed by atoms with Gasteiger partial charge in [-0.2, -0.15) is 0 Å². The summed E-state index contributed by atoms with van der Waals surface area (Å²) in [5.41, 5.74) is 0.464. The van der Waals surface area contributed by atoms with Gasteiger partial charge < -0.3 is 24.4 Å². The van der Waals surface area contributed by atoms with Gasteiger partial charge in [0.05, 0.1) is 18.2 Å². The van der Waals surface area contributed by atoms with E-state index in [9.17, 15) is 9.59 Å². The van der Waals surface area contributed by atoms with Gasteiger partial charge in [-0.15, -0.1) is 6.58 Å². The fourth-order valence-corrected chi connectivity index (χ4v) is 3.07. The molecular formula is C23H26N2O5. The molecule has 0 unspecified atom stereocenters. The van der Waals surface area contributed by atoms with Gasteiger partial charge in [-0.25, -0.2) is 0 Å². The maximum absolute atomic E-state index is 12.9. The number of hydrogen-bond acceptors (Lipinski definition) is 5. The predicted octanol–water partition coefficient (Wildman–Crippen LogP) is 3.65. The molecule has 30 heavy (non-hydrogen) atoms. The van der Waals surface area contributed by atoms with Gasteiger partial charge in [0.2, 0.25) is 5.91 Å². The molecule has 7 nitrogen and oxygen atoms in total. The minimum absolute atomic E-state index is 0.0639. The molecule has 0 spiro atoms. The van der Waals surface area contributed by atoms with Gasteiger partial charge in [-0.3, -0.25) is 9.59 Å². The number of carbonyl (C=O) groups is 2. The Labute approximate surface area is 176 Å². The Morgan fingerprint density at radius 3 is 2.77 bits per heavy atom. The fraction of sp³-hybridized carbons (Fsp3) is 0.304. The minimum Gasteiger partial charge on any atom is -0.497 e. The lowest BCUT2D eigenvalue weighted by Crippen LogP contribution is -2.42. The summed E-state index contributed by atoms with van der Waals surface area (Å²) in [7, 11) is 1.56. The highest BCUT2D eigenvalue weighted by Crippen LogP contribution is 2.38. The van der Waals surface area contributed by atoms with Crippen LogP contribution in [0.1, 0.15) is 13.8 Å². The Balaban J connectivity index is 1.73. The largest absolute Gasteiger partial charge is 0.497 e. The predicted molar refractivity (Wildman–Crippen MR) is 115 cm³/mol. The van der Waals surface area contributed by atoms with Crippen LogP contribution in [0.5, 0.6) is 17.2 Å². The van der Waals surface area contributed by atoms with Crippen LogP contribution in [0.25, 0.3) is 0 Å². The summed E-state index contributed by atoms with van der Waals surface area (Å²) in [6, 6.07) is 12.2. The smallest absolute Gasteiger partial charge is 0.262 e. The maximum Gasteiger partial charge on any atom is 0.262 e. The minimum atomic E-state index is -0.671. The number of rotatable bonds is 7. The van der Waals surface area contributed by atoms with Crippen LogP contribution in [0.15, 0.2) is 55.1 Å². The zero-order valence-corrected chi connectivity index (χ0v) is 17.4. The van der Waals surface area contributed by atoms with E-state index in [1.807, 2.05) is 13.8 Å². The van der Waals surface area contributed by atoms with Gasteiger partial charge >= 0.3 is 0 Å². The van der Waals surface area contributed by atoms with Crippen molar-refractivity contribution in [2.45, 2.75) is 13.8 Å². The summed E-state index contributed by atoms with van der Waals surface area (Å²) in [6.45, 7) is 7.88. The summed E-state index contributed by atoms with van der Waals surface area (Å²) in [5, 5.41) is 2.79. The quantitative estimate of drug-likeness (QED) is 0.705. The van der Waals surface area contributed by atoms with Gasteiger partial charge in [0.1, 0.15) is 23.9 Å². The number of amides is 2. The zero-order valence-electron chi connectivity index (χ0n) is 17.4. The van der Waals surface area contributed by atoms with E-state index in [1.54, 1.807) is 60.6 Å². The third-order valence-electron chi connectivity index (χ3n) is 4.67. The maximum atomic E-state index is 12.9. The number of benzene rings is 2. The molecule has 1 heterocycles. The van der Waals surface area contributed by atoms with E-state index >= 15 is 0 Å². The normalized spacial score (nSPS) is 14.8. The van der Waals surface area contributed by atoms with E-state index in [1.165, 1.54) is 0 Å². The highest BCUT2D eigenvalue weighted by Gasteiger charge is 2.37. The number of nitrogens with zero attached hydrogens (tertiary/aromatic N) is 1. The summed E-state index contributed by atoms with van der Waals surface area (Å²) in [5.74, 6) is 1.38. The molecule has 0 aliphatic carbocycles. The third kappa shape index (κ3) is 4.74. The highest BCUT2D eigenvalue weighted by atomic mass is 16.5. The van der Waals surface area contributed by atoms with Crippen LogP contribution in [-0.2, 0) is 9.59 Å². The molecular weight excluding hydrogens is 384 g/mol. The molecule has 0 saturated carbocycles. The molecule has 158 valence electrons. The average molecular weight is 410 g/mol. The Hall–Kier alpha value is -3.48. The molecule has 0 saturated heterocycles. The lowest BCUT2D eigenvalue weighted by molar-refractivity contribution is -0.127. The van der Waals surface area contributed by atoms with E-state index in [4.69, 9.17) is 14.2 Å². The van der Waals surface area contributed by atoms with Crippen molar-refractivity contribution in [3.63, 3.8) is 0 Å². The zero-order chi connectivity index (χ0) is 21.7. The Bertz CT molecular complexity index is 954. The molecule has 0 bridgehead atoms. The number of carbonyl (C=O) groups excluding carboxylic acids is 2. The van der Waals surface area contributed by atoms with Crippen LogP contribution >= 0.6 is 0 Å². The molecule has 2 amide bonds. The first kappa shape index (κ1) is 21.2. The van der Waals surface area contributed by atoms with Crippen LogP contribution in [0.3, 0.4) is 0 Å². The molecule has 0 fully saturated rings. The fourth-order valence-electron chi connectivity index (χ4n) is 3.07. The number of anilines is 2. The summed E-state index contributed by atoms with van der Waals surface area (Å²) < 4.78 is 16.5. The lowest BCUT2D eigenvalue weighted by Gasteiger charge is -2.27. The van der Waals surface area contributed by atoms with Crippen LogP contribution in [0.4, 0.5) is 11.4 Å². The van der Waals surface area contributed by atoms with Crippen LogP contribution < -0.4 is 24.4 Å². The second-order valence-corrected chi connectivity index (χ2v) is 7.58. The first-order valence-electron chi connectivity index (χ1n) is 9.60. The molecule has 2 aromatic rings. The van der Waals surface area contributed by atoms with Crippen LogP contribution in [-0.4, -0.2) is 38.7 Å². The molecule has 7 heteroatoms. The van der Waals surface area contributed by atoms with E-state index in [-0.39, 0.29) is 25.0 Å². The lowest BCUT2D eigenvalue weighted by atomic mass is 9.93. The second kappa shape index (κ2) is 8.90. The third-order valence-corrected chi connectivity index (χ3v) is 4.67. The second-order valence-electron chi connectivity index (χ2n) is 7.58. The highest BCUT2D eigenvalue weighted by molar-refractivity contribution is 6.01. The molecule has 0 atom stereocenters. The first-order valence-corrected chi connectivity index (χ1v) is 9.60. The van der Waals surface area contributed by atoms with Crippen LogP contribution in [0, 0.1) is 5.41 Å². The monoisotopic (exact) mass is 410 g/mol. The van der Waals surface area contributed by atoms with Crippen molar-refractivity contribution < 1.29 is 23.8 Å². The van der Waals surface area contributed by atoms with Crippen molar-refractivity contribution in [3.05, 3.63) is 55.1 Å². The number of nitrogens with one attached hydrogen (secondary N) is 1. The number of methoxy groups -OCH3 is 1. The number of ether oxygens (including phenoxy) is 3. The SMILES string of the molecule is C=CCN1C(=O)C(C)(C)COc2ccc(NC(=O)COc3cccc(OC)c3)cc21. The van der Waals surface area contributed by atoms with Gasteiger partial charge in [-0.05, 0) is 44.2 Å². The van der Waals surface area contributed by atoms with Gasteiger partial charge in [-0.1, -0.05) is 12.1 Å². The molecule has 1 aliphatic rings. The molecule has 0 radical (unpaired) electrons. The van der Waals surface area contributed by atoms with Crippen molar-refractivity contribution in [1.29, 1.82) is 0 Å². The van der Waals surface area contributed by atoms with Crippen molar-refractivity contribution >= 4 is 23.2 Å². The average Bonchev–Trinajstić information content (AvgIpc) is 2.83. The van der Waals surface area contributed by atoms with Gasteiger partial charge in [0.15, 0.2) is 6.61 Å². The molecule has 3 rings (SSSR count). The topological polar surface area (TPSA) is 77.1 Å². The summed E-state index contributed by atoms with van der Waals surface area (Å²) in [6.07, 6.45) is 1.66. The van der Waals surface area contributed by atoms with Crippen molar-refractivity contribution in [1.82, 2.24) is 0 Å². The van der Waals surface area contributed by atoms with E-state index in [2.05, 4.69) is 11.9 Å². The molecule has 1 N–H and O–H groups in total. The van der Waals surface area contributed by atoms with Crippen molar-refractivity contribution in [2.75, 3.05) is 37.1 Å². The Kier molecular flexibility index (Phi) is 6.30. The summed E-state index contributed by atoms with van der Waals surface area (Å²) >= 11 is 0. The van der Waals surface area contributed by atoms with Gasteiger partial charge in [0.25, 0.3) is 5.91 Å². The van der Waals surface area contributed by atoms with Gasteiger partial charge in [0, 0.05) is 18.3 Å². The molecule has 0 aromatic heterocycles. The van der Waals surface area contributed by atoms with E-state index < -0.39 is 5.41 Å². The number of fused-ring (bicyclic) bond motifs is 1. The number of hydrogen-bond donors (Lipinski definition) is 1. The van der Waals surface area contributed by atoms with E-state index in [0.717, 1.165) is 0 Å². The standard InChI is InChI=1S/C23H26N2O5/c1-5-11-25-19-12-16(9-10-20(19)30-15-23(2,3)22(25)27)24-21(26)14-29-18-8-6-7-17(13-18)28-4/h5-10,12-13H,1,11,14-15H2,2-4H3,(H,24,26). The Morgan fingerprint density at radius 1 is 1.27 bits per heavy atom. The molecule has 1 aliphatic heterocycles. The van der Waals surface area contributed by atoms with E-state index in [0.29, 0.717) is 35.2 Å². The van der Waals surface area contributed by atoms with Crippen LogP contribution in [0.2, 0.25) is 0 Å². The van der Waals surface area contributed by atoms with Crippen molar-refractivity contribution in [3.8, 4) is 17.2 Å². The first-order chi connectivity index (χ1) is 14.3. The molecule has 2 aromatic carbocycles.